The molecule has 0 aromatic rings. The molecule has 0 aromatic carbocycles. The highest BCUT2D eigenvalue weighted by molar-refractivity contribution is 5.69. The number of unbranched alkanes of at least 4 members (excludes halogenated alkanes) is 1. The quantitative estimate of drug-likeness (QED) is 0.342. The van der Waals surface area contributed by atoms with Gasteiger partial charge in [0.05, 0.1) is 13.2 Å². The van der Waals surface area contributed by atoms with E-state index in [9.17, 15) is 9.59 Å². The first-order chi connectivity index (χ1) is 7.70. The van der Waals surface area contributed by atoms with Crippen molar-refractivity contribution in [2.24, 2.45) is 0 Å². The molecule has 0 bridgehead atoms. The van der Waals surface area contributed by atoms with E-state index in [0.29, 0.717) is 26.1 Å². The Balaban J connectivity index is 3.31. The predicted octanol–water partition coefficient (Wildman–Crippen LogP) is 1.54. The molecule has 0 rings (SSSR count). The minimum Gasteiger partial charge on any atom is -0.298 e. The Kier molecular flexibility index (Phi) is 9.64. The van der Waals surface area contributed by atoms with Crippen LogP contribution in [0.2, 0.25) is 0 Å². The molecule has 0 aliphatic heterocycles. The van der Waals surface area contributed by atoms with E-state index in [-0.39, 0.29) is 12.8 Å². The van der Waals surface area contributed by atoms with Crippen molar-refractivity contribution in [3.05, 3.63) is 0 Å². The first kappa shape index (κ1) is 14.9. The SMILES string of the molecule is CCOOC(=O)CCCCC(=O)OOCC. The Morgan fingerprint density at radius 1 is 0.812 bits per heavy atom. The molecular weight excluding hydrogens is 216 g/mol. The molecule has 0 saturated carbocycles. The monoisotopic (exact) mass is 234 g/mol. The number of carbonyl (C=O) groups excluding carboxylic acids is 2. The van der Waals surface area contributed by atoms with E-state index in [2.05, 4.69) is 19.6 Å². The van der Waals surface area contributed by atoms with Crippen LogP contribution in [0.25, 0.3) is 0 Å². The zero-order chi connectivity index (χ0) is 12.2. The van der Waals surface area contributed by atoms with E-state index < -0.39 is 11.9 Å². The molecule has 0 N–H and O–H groups in total. The summed E-state index contributed by atoms with van der Waals surface area (Å²) in [5.74, 6) is -0.861. The van der Waals surface area contributed by atoms with Crippen LogP contribution in [0.1, 0.15) is 39.5 Å². The second-order valence-corrected chi connectivity index (χ2v) is 2.93. The Morgan fingerprint density at radius 3 is 1.50 bits per heavy atom. The van der Waals surface area contributed by atoms with E-state index in [1.165, 1.54) is 0 Å². The summed E-state index contributed by atoms with van der Waals surface area (Å²) in [6.45, 7) is 4.09. The minimum absolute atomic E-state index is 0.224. The first-order valence-electron chi connectivity index (χ1n) is 5.35. The summed E-state index contributed by atoms with van der Waals surface area (Å²) < 4.78 is 0. The van der Waals surface area contributed by atoms with Crippen molar-refractivity contribution in [1.82, 2.24) is 0 Å². The van der Waals surface area contributed by atoms with Gasteiger partial charge in [0.1, 0.15) is 0 Å². The molecule has 6 nitrogen and oxygen atoms in total. The fourth-order valence-electron chi connectivity index (χ4n) is 0.871. The summed E-state index contributed by atoms with van der Waals surface area (Å²) in [6, 6.07) is 0. The molecule has 0 amide bonds. The molecule has 0 aliphatic carbocycles. The molecule has 0 unspecified atom stereocenters. The maximum absolute atomic E-state index is 10.9. The van der Waals surface area contributed by atoms with Gasteiger partial charge >= 0.3 is 11.9 Å². The van der Waals surface area contributed by atoms with Gasteiger partial charge < -0.3 is 0 Å². The zero-order valence-electron chi connectivity index (χ0n) is 9.69. The highest BCUT2D eigenvalue weighted by Gasteiger charge is 2.06. The molecule has 0 aromatic heterocycles. The number of hydrogen-bond donors (Lipinski definition) is 0. The van der Waals surface area contributed by atoms with Crippen molar-refractivity contribution in [1.29, 1.82) is 0 Å². The number of rotatable bonds is 9. The van der Waals surface area contributed by atoms with Gasteiger partial charge in [0.25, 0.3) is 0 Å². The second-order valence-electron chi connectivity index (χ2n) is 2.93. The maximum Gasteiger partial charge on any atom is 0.342 e. The van der Waals surface area contributed by atoms with E-state index in [1.54, 1.807) is 13.8 Å². The lowest BCUT2D eigenvalue weighted by Gasteiger charge is -2.02. The van der Waals surface area contributed by atoms with Crippen LogP contribution >= 0.6 is 0 Å². The standard InChI is InChI=1S/C10H18O6/c1-3-13-15-9(11)7-5-6-8-10(12)16-14-4-2/h3-8H2,1-2H3. The summed E-state index contributed by atoms with van der Waals surface area (Å²) in [5.41, 5.74) is 0. The fraction of sp³-hybridized carbons (Fsp3) is 0.800. The zero-order valence-corrected chi connectivity index (χ0v) is 9.69. The molecular formula is C10H18O6. The van der Waals surface area contributed by atoms with Crippen molar-refractivity contribution < 1.29 is 29.1 Å². The number of carbonyl (C=O) groups is 2. The summed E-state index contributed by atoms with van der Waals surface area (Å²) in [5, 5.41) is 0. The van der Waals surface area contributed by atoms with E-state index >= 15 is 0 Å². The lowest BCUT2D eigenvalue weighted by atomic mass is 10.2. The Labute approximate surface area is 94.7 Å². The molecule has 0 spiro atoms. The Morgan fingerprint density at radius 2 is 1.19 bits per heavy atom. The van der Waals surface area contributed by atoms with Gasteiger partial charge in [-0.3, -0.25) is 9.78 Å². The highest BCUT2D eigenvalue weighted by Crippen LogP contribution is 2.03. The molecule has 0 atom stereocenters. The lowest BCUT2D eigenvalue weighted by molar-refractivity contribution is -0.270. The predicted molar refractivity (Wildman–Crippen MR) is 53.9 cm³/mol. The Bertz CT molecular complexity index is 181. The van der Waals surface area contributed by atoms with Crippen LogP contribution in [0.3, 0.4) is 0 Å². The van der Waals surface area contributed by atoms with Crippen molar-refractivity contribution in [3.63, 3.8) is 0 Å². The van der Waals surface area contributed by atoms with Crippen LogP contribution in [0.15, 0.2) is 0 Å². The van der Waals surface area contributed by atoms with Crippen LogP contribution in [-0.4, -0.2) is 25.2 Å². The van der Waals surface area contributed by atoms with Gasteiger partial charge in [0.15, 0.2) is 0 Å². The van der Waals surface area contributed by atoms with Gasteiger partial charge in [-0.2, -0.15) is 9.78 Å². The van der Waals surface area contributed by atoms with Crippen LogP contribution in [0.5, 0.6) is 0 Å². The largest absolute Gasteiger partial charge is 0.342 e. The average Bonchev–Trinajstić information content (AvgIpc) is 2.29. The molecule has 0 aliphatic rings. The lowest BCUT2D eigenvalue weighted by Crippen LogP contribution is -2.07. The van der Waals surface area contributed by atoms with Crippen LogP contribution in [-0.2, 0) is 29.1 Å². The average molecular weight is 234 g/mol. The third-order valence-corrected chi connectivity index (χ3v) is 1.55. The van der Waals surface area contributed by atoms with Crippen LogP contribution in [0.4, 0.5) is 0 Å². The fourth-order valence-corrected chi connectivity index (χ4v) is 0.871. The normalized spacial score (nSPS) is 9.88. The van der Waals surface area contributed by atoms with E-state index in [4.69, 9.17) is 0 Å². The van der Waals surface area contributed by atoms with E-state index in [1.807, 2.05) is 0 Å². The minimum atomic E-state index is -0.431. The van der Waals surface area contributed by atoms with Crippen LogP contribution < -0.4 is 0 Å². The van der Waals surface area contributed by atoms with E-state index in [0.717, 1.165) is 0 Å². The highest BCUT2D eigenvalue weighted by atomic mass is 17.2. The maximum atomic E-state index is 10.9. The van der Waals surface area contributed by atoms with Gasteiger partial charge in [-0.25, -0.2) is 9.59 Å². The summed E-state index contributed by atoms with van der Waals surface area (Å²) >= 11 is 0. The third kappa shape index (κ3) is 9.42. The molecule has 0 heterocycles. The molecule has 0 fully saturated rings. The first-order valence-corrected chi connectivity index (χ1v) is 5.35. The second kappa shape index (κ2) is 10.4. The molecule has 0 radical (unpaired) electrons. The van der Waals surface area contributed by atoms with Gasteiger partial charge in [-0.15, -0.1) is 0 Å². The van der Waals surface area contributed by atoms with Crippen molar-refractivity contribution in [3.8, 4) is 0 Å². The number of hydrogen-bond acceptors (Lipinski definition) is 6. The van der Waals surface area contributed by atoms with Crippen molar-refractivity contribution in [2.45, 2.75) is 39.5 Å². The van der Waals surface area contributed by atoms with Gasteiger partial charge in [-0.1, -0.05) is 0 Å². The third-order valence-electron chi connectivity index (χ3n) is 1.55. The van der Waals surface area contributed by atoms with Gasteiger partial charge in [-0.05, 0) is 26.7 Å². The molecule has 6 heteroatoms. The van der Waals surface area contributed by atoms with Crippen molar-refractivity contribution >= 4 is 11.9 Å². The molecule has 94 valence electrons. The molecule has 16 heavy (non-hydrogen) atoms. The Hall–Kier alpha value is -1.14. The van der Waals surface area contributed by atoms with Crippen molar-refractivity contribution in [2.75, 3.05) is 13.2 Å². The van der Waals surface area contributed by atoms with Gasteiger partial charge in [0.2, 0.25) is 0 Å². The summed E-state index contributed by atoms with van der Waals surface area (Å²) in [6.07, 6.45) is 1.55. The smallest absolute Gasteiger partial charge is 0.298 e. The molecule has 0 saturated heterocycles. The van der Waals surface area contributed by atoms with Gasteiger partial charge in [0, 0.05) is 12.8 Å². The van der Waals surface area contributed by atoms with Crippen LogP contribution in [0, 0.1) is 0 Å². The topological polar surface area (TPSA) is 71.1 Å². The summed E-state index contributed by atoms with van der Waals surface area (Å²) in [4.78, 5) is 39.6. The summed E-state index contributed by atoms with van der Waals surface area (Å²) in [7, 11) is 0.